The lowest BCUT2D eigenvalue weighted by Crippen LogP contribution is -2.48. The molecule has 2 atom stereocenters. The number of carbonyl (C=O) groups is 2. The molecule has 5 heteroatoms. The summed E-state index contributed by atoms with van der Waals surface area (Å²) in [6.07, 6.45) is 0.590. The first-order chi connectivity index (χ1) is 12.5. The second-order valence-corrected chi connectivity index (χ2v) is 6.70. The first kappa shape index (κ1) is 18.0. The van der Waals surface area contributed by atoms with E-state index in [1.165, 1.54) is 4.90 Å². The molecule has 2 aromatic rings. The molecule has 26 heavy (non-hydrogen) atoms. The topological polar surface area (TPSA) is 66.8 Å². The third-order valence-electron chi connectivity index (χ3n) is 5.00. The van der Waals surface area contributed by atoms with Gasteiger partial charge >= 0.3 is 5.97 Å². The average molecular weight is 353 g/mol. The molecule has 5 nitrogen and oxygen atoms in total. The zero-order valence-corrected chi connectivity index (χ0v) is 15.0. The van der Waals surface area contributed by atoms with Gasteiger partial charge in [-0.15, -0.1) is 0 Å². The Labute approximate surface area is 153 Å². The predicted octanol–water partition coefficient (Wildman–Crippen LogP) is 3.23. The van der Waals surface area contributed by atoms with Crippen LogP contribution in [0.25, 0.3) is 0 Å². The normalized spacial score (nSPS) is 17.3. The molecule has 1 aliphatic heterocycles. The monoisotopic (exact) mass is 353 g/mol. The van der Waals surface area contributed by atoms with Crippen molar-refractivity contribution in [3.63, 3.8) is 0 Å². The van der Waals surface area contributed by atoms with Crippen LogP contribution in [0, 0.1) is 0 Å². The van der Waals surface area contributed by atoms with Crippen molar-refractivity contribution in [1.82, 2.24) is 4.90 Å². The summed E-state index contributed by atoms with van der Waals surface area (Å²) in [6.45, 7) is 2.30. The number of hydrogen-bond donors (Lipinski definition) is 1. The number of benzene rings is 2. The highest BCUT2D eigenvalue weighted by Crippen LogP contribution is 2.31. The van der Waals surface area contributed by atoms with E-state index in [1.807, 2.05) is 55.5 Å². The fraction of sp³-hybridized carbons (Fsp3) is 0.333. The number of methoxy groups -OCH3 is 1. The highest BCUT2D eigenvalue weighted by atomic mass is 16.5. The van der Waals surface area contributed by atoms with Gasteiger partial charge in [-0.2, -0.15) is 0 Å². The predicted molar refractivity (Wildman–Crippen MR) is 98.1 cm³/mol. The number of rotatable bonds is 5. The number of nitrogens with zero attached hydrogens (tertiary/aromatic N) is 1. The van der Waals surface area contributed by atoms with E-state index >= 15 is 0 Å². The zero-order chi connectivity index (χ0) is 18.7. The molecule has 0 bridgehead atoms. The minimum absolute atomic E-state index is 0.0646. The molecule has 2 aromatic carbocycles. The van der Waals surface area contributed by atoms with Gasteiger partial charge in [0.05, 0.1) is 7.11 Å². The van der Waals surface area contributed by atoms with E-state index < -0.39 is 12.0 Å². The summed E-state index contributed by atoms with van der Waals surface area (Å²) in [5.41, 5.74) is 2.97. The highest BCUT2D eigenvalue weighted by Gasteiger charge is 2.35. The number of amides is 1. The third kappa shape index (κ3) is 3.57. The van der Waals surface area contributed by atoms with Gasteiger partial charge in [-0.05, 0) is 28.7 Å². The summed E-state index contributed by atoms with van der Waals surface area (Å²) in [4.78, 5) is 26.1. The summed E-state index contributed by atoms with van der Waals surface area (Å²) in [5, 5.41) is 9.60. The van der Waals surface area contributed by atoms with Crippen molar-refractivity contribution in [2.24, 2.45) is 0 Å². The molecule has 0 fully saturated rings. The molecular formula is C21H23NO4. The van der Waals surface area contributed by atoms with E-state index in [0.29, 0.717) is 13.0 Å². The quantitative estimate of drug-likeness (QED) is 0.896. The number of aliphatic carboxylic acids is 1. The lowest BCUT2D eigenvalue weighted by Gasteiger charge is -2.35. The van der Waals surface area contributed by atoms with Crippen LogP contribution in [0.3, 0.4) is 0 Å². The van der Waals surface area contributed by atoms with E-state index in [0.717, 1.165) is 22.4 Å². The standard InChI is InChI=1S/C21H23NO4/c1-14(17-9-5-6-10-19(17)26-2)11-20(23)22-13-16-8-4-3-7-15(16)12-18(22)21(24)25/h3-10,14,18H,11-13H2,1-2H3,(H,24,25). The highest BCUT2D eigenvalue weighted by molar-refractivity contribution is 5.85. The maximum atomic E-state index is 12.9. The minimum Gasteiger partial charge on any atom is -0.496 e. The molecule has 0 saturated heterocycles. The van der Waals surface area contributed by atoms with Gasteiger partial charge in [0.1, 0.15) is 11.8 Å². The van der Waals surface area contributed by atoms with Gasteiger partial charge in [0.15, 0.2) is 0 Å². The fourth-order valence-electron chi connectivity index (χ4n) is 3.57. The van der Waals surface area contributed by atoms with Crippen LogP contribution in [0.4, 0.5) is 0 Å². The van der Waals surface area contributed by atoms with Crippen molar-refractivity contribution < 1.29 is 19.4 Å². The summed E-state index contributed by atoms with van der Waals surface area (Å²) in [7, 11) is 1.61. The van der Waals surface area contributed by atoms with Gasteiger partial charge in [-0.3, -0.25) is 4.79 Å². The number of ether oxygens (including phenoxy) is 1. The van der Waals surface area contributed by atoms with Gasteiger partial charge in [-0.1, -0.05) is 49.4 Å². The third-order valence-corrected chi connectivity index (χ3v) is 5.00. The Morgan fingerprint density at radius 2 is 1.81 bits per heavy atom. The number of hydrogen-bond acceptors (Lipinski definition) is 3. The molecule has 1 N–H and O–H groups in total. The maximum absolute atomic E-state index is 12.9. The first-order valence-electron chi connectivity index (χ1n) is 8.73. The van der Waals surface area contributed by atoms with Gasteiger partial charge in [-0.25, -0.2) is 4.79 Å². The smallest absolute Gasteiger partial charge is 0.326 e. The molecule has 0 aliphatic carbocycles. The van der Waals surface area contributed by atoms with Crippen molar-refractivity contribution in [3.8, 4) is 5.75 Å². The summed E-state index contributed by atoms with van der Waals surface area (Å²) >= 11 is 0. The number of fused-ring (bicyclic) bond motifs is 1. The molecule has 0 radical (unpaired) electrons. The molecule has 1 amide bonds. The SMILES string of the molecule is COc1ccccc1C(C)CC(=O)N1Cc2ccccc2CC1C(=O)O. The molecule has 0 saturated carbocycles. The van der Waals surface area contributed by atoms with Crippen molar-refractivity contribution in [2.45, 2.75) is 38.3 Å². The Hall–Kier alpha value is -2.82. The molecule has 2 unspecified atom stereocenters. The number of carboxylic acids is 1. The Bertz CT molecular complexity index is 817. The van der Waals surface area contributed by atoms with E-state index in [4.69, 9.17) is 4.74 Å². The van der Waals surface area contributed by atoms with E-state index in [1.54, 1.807) is 7.11 Å². The Balaban J connectivity index is 1.80. The Morgan fingerprint density at radius 1 is 1.15 bits per heavy atom. The van der Waals surface area contributed by atoms with Crippen LogP contribution >= 0.6 is 0 Å². The Kier molecular flexibility index (Phi) is 5.26. The van der Waals surface area contributed by atoms with E-state index in [-0.39, 0.29) is 18.2 Å². The fourth-order valence-corrected chi connectivity index (χ4v) is 3.57. The van der Waals surface area contributed by atoms with Crippen LogP contribution in [-0.4, -0.2) is 35.0 Å². The lowest BCUT2D eigenvalue weighted by atomic mass is 9.91. The van der Waals surface area contributed by atoms with Gasteiger partial charge in [0, 0.05) is 19.4 Å². The summed E-state index contributed by atoms with van der Waals surface area (Å²) < 4.78 is 5.38. The number of para-hydroxylation sites is 1. The summed E-state index contributed by atoms with van der Waals surface area (Å²) in [5.74, 6) is -0.431. The first-order valence-corrected chi connectivity index (χ1v) is 8.73. The number of carbonyl (C=O) groups excluding carboxylic acids is 1. The molecule has 1 heterocycles. The molecule has 136 valence electrons. The second-order valence-electron chi connectivity index (χ2n) is 6.70. The van der Waals surface area contributed by atoms with Gasteiger partial charge in [0.2, 0.25) is 5.91 Å². The van der Waals surface area contributed by atoms with Gasteiger partial charge < -0.3 is 14.7 Å². The van der Waals surface area contributed by atoms with Crippen LogP contribution in [0.2, 0.25) is 0 Å². The lowest BCUT2D eigenvalue weighted by molar-refractivity contribution is -0.151. The van der Waals surface area contributed by atoms with Crippen molar-refractivity contribution in [2.75, 3.05) is 7.11 Å². The molecule has 0 spiro atoms. The van der Waals surface area contributed by atoms with Crippen LogP contribution in [-0.2, 0) is 22.6 Å². The molecular weight excluding hydrogens is 330 g/mol. The van der Waals surface area contributed by atoms with E-state index in [2.05, 4.69) is 0 Å². The van der Waals surface area contributed by atoms with Crippen LogP contribution in [0.1, 0.15) is 36.0 Å². The molecule has 0 aromatic heterocycles. The van der Waals surface area contributed by atoms with E-state index in [9.17, 15) is 14.7 Å². The largest absolute Gasteiger partial charge is 0.496 e. The maximum Gasteiger partial charge on any atom is 0.326 e. The van der Waals surface area contributed by atoms with Crippen LogP contribution in [0.15, 0.2) is 48.5 Å². The minimum atomic E-state index is -0.960. The van der Waals surface area contributed by atoms with Crippen LogP contribution in [0.5, 0.6) is 5.75 Å². The number of carboxylic acid groups (broad SMARTS) is 1. The molecule has 3 rings (SSSR count). The second kappa shape index (κ2) is 7.60. The molecule has 1 aliphatic rings. The van der Waals surface area contributed by atoms with Crippen molar-refractivity contribution >= 4 is 11.9 Å². The van der Waals surface area contributed by atoms with Gasteiger partial charge in [0.25, 0.3) is 0 Å². The van der Waals surface area contributed by atoms with Crippen molar-refractivity contribution in [3.05, 3.63) is 65.2 Å². The zero-order valence-electron chi connectivity index (χ0n) is 15.0. The van der Waals surface area contributed by atoms with Crippen molar-refractivity contribution in [1.29, 1.82) is 0 Å². The van der Waals surface area contributed by atoms with Crippen LogP contribution < -0.4 is 4.74 Å². The Morgan fingerprint density at radius 3 is 2.50 bits per heavy atom. The average Bonchev–Trinajstić information content (AvgIpc) is 2.66. The summed E-state index contributed by atoms with van der Waals surface area (Å²) in [6, 6.07) is 14.5.